The summed E-state index contributed by atoms with van der Waals surface area (Å²) >= 11 is 0. The van der Waals surface area contributed by atoms with E-state index in [0.717, 1.165) is 11.8 Å². The fourth-order valence-corrected chi connectivity index (χ4v) is 3.58. The molecule has 0 N–H and O–H groups in total. The van der Waals surface area contributed by atoms with Gasteiger partial charge in [0.05, 0.1) is 11.7 Å². The van der Waals surface area contributed by atoms with Crippen molar-refractivity contribution in [1.82, 2.24) is 0 Å². The molecular weight excluding hydrogens is 184 g/mol. The van der Waals surface area contributed by atoms with Gasteiger partial charge in [-0.25, -0.2) is 0 Å². The molecule has 1 heterocycles. The molecule has 1 aliphatic carbocycles. The fourth-order valence-electron chi connectivity index (χ4n) is 3.58. The largest absolute Gasteiger partial charge is 0.371 e. The number of fused-ring (bicyclic) bond motifs is 2. The molecule has 2 aliphatic rings. The van der Waals surface area contributed by atoms with Crippen LogP contribution in [0.4, 0.5) is 0 Å². The van der Waals surface area contributed by atoms with E-state index < -0.39 is 0 Å². The van der Waals surface area contributed by atoms with E-state index in [1.54, 1.807) is 0 Å². The van der Waals surface area contributed by atoms with Crippen molar-refractivity contribution < 1.29 is 4.74 Å². The van der Waals surface area contributed by atoms with Gasteiger partial charge in [-0.1, -0.05) is 27.7 Å². The quantitative estimate of drug-likeness (QED) is 0.669. The minimum Gasteiger partial charge on any atom is -0.371 e. The Bertz CT molecular complexity index is 248. The number of hydrogen-bond acceptors (Lipinski definition) is 1. The number of ether oxygens (including phenoxy) is 1. The standard InChI is InChI=1S/C14H26O/c1-10(2)8-12-13(4)7-6-11(3)14(5,9-13)15-12/h10-12H,6-9H2,1-5H3/t11?,12?,13-,14?/m0/s1. The topological polar surface area (TPSA) is 9.23 Å². The maximum absolute atomic E-state index is 6.40. The molecule has 1 saturated carbocycles. The van der Waals surface area contributed by atoms with E-state index >= 15 is 0 Å². The van der Waals surface area contributed by atoms with Crippen LogP contribution in [0.5, 0.6) is 0 Å². The molecule has 0 radical (unpaired) electrons. The Morgan fingerprint density at radius 1 is 1.33 bits per heavy atom. The lowest BCUT2D eigenvalue weighted by Gasteiger charge is -2.38. The summed E-state index contributed by atoms with van der Waals surface area (Å²) < 4.78 is 6.40. The molecule has 2 bridgehead atoms. The summed E-state index contributed by atoms with van der Waals surface area (Å²) in [6.45, 7) is 11.7. The summed E-state index contributed by atoms with van der Waals surface area (Å²) in [6.07, 6.45) is 5.73. The van der Waals surface area contributed by atoms with Crippen molar-refractivity contribution in [2.45, 2.75) is 72.0 Å². The minimum atomic E-state index is 0.173. The molecule has 2 fully saturated rings. The number of hydrogen-bond donors (Lipinski definition) is 0. The van der Waals surface area contributed by atoms with Crippen LogP contribution in [0.15, 0.2) is 0 Å². The van der Waals surface area contributed by atoms with Crippen LogP contribution in [0.3, 0.4) is 0 Å². The Labute approximate surface area is 94.6 Å². The smallest absolute Gasteiger partial charge is 0.0690 e. The van der Waals surface area contributed by atoms with Crippen molar-refractivity contribution in [3.63, 3.8) is 0 Å². The van der Waals surface area contributed by atoms with Crippen molar-refractivity contribution in [2.24, 2.45) is 17.3 Å². The summed E-state index contributed by atoms with van der Waals surface area (Å²) in [4.78, 5) is 0. The molecule has 2 rings (SSSR count). The van der Waals surface area contributed by atoms with Crippen LogP contribution >= 0.6 is 0 Å². The third-order valence-electron chi connectivity index (χ3n) is 4.82. The molecule has 4 atom stereocenters. The molecule has 1 saturated heterocycles. The first-order valence-corrected chi connectivity index (χ1v) is 6.53. The highest BCUT2D eigenvalue weighted by atomic mass is 16.5. The third-order valence-corrected chi connectivity index (χ3v) is 4.82. The van der Waals surface area contributed by atoms with Gasteiger partial charge in [0.25, 0.3) is 0 Å². The molecule has 0 aromatic carbocycles. The first-order chi connectivity index (χ1) is 6.86. The average Bonchev–Trinajstić information content (AvgIpc) is 2.30. The van der Waals surface area contributed by atoms with Gasteiger partial charge in [-0.3, -0.25) is 0 Å². The van der Waals surface area contributed by atoms with E-state index in [2.05, 4.69) is 34.6 Å². The highest BCUT2D eigenvalue weighted by Crippen LogP contribution is 2.56. The third kappa shape index (κ3) is 1.84. The maximum atomic E-state index is 6.40. The lowest BCUT2D eigenvalue weighted by atomic mass is 9.65. The molecule has 1 nitrogen and oxygen atoms in total. The van der Waals surface area contributed by atoms with Crippen molar-refractivity contribution in [3.8, 4) is 0 Å². The van der Waals surface area contributed by atoms with Gasteiger partial charge >= 0.3 is 0 Å². The van der Waals surface area contributed by atoms with Gasteiger partial charge in [-0.15, -0.1) is 0 Å². The van der Waals surface area contributed by atoms with E-state index in [4.69, 9.17) is 4.74 Å². The van der Waals surface area contributed by atoms with Crippen LogP contribution in [-0.2, 0) is 4.74 Å². The van der Waals surface area contributed by atoms with E-state index in [-0.39, 0.29) is 5.60 Å². The number of rotatable bonds is 2. The van der Waals surface area contributed by atoms with Gasteiger partial charge < -0.3 is 4.74 Å². The molecule has 88 valence electrons. The Kier molecular flexibility index (Phi) is 2.65. The average molecular weight is 210 g/mol. The molecule has 3 unspecified atom stereocenters. The Hall–Kier alpha value is -0.0400. The van der Waals surface area contributed by atoms with E-state index in [1.165, 1.54) is 25.7 Å². The monoisotopic (exact) mass is 210 g/mol. The van der Waals surface area contributed by atoms with Crippen LogP contribution in [0.2, 0.25) is 0 Å². The molecular formula is C14H26O. The second-order valence-corrected chi connectivity index (χ2v) is 6.82. The van der Waals surface area contributed by atoms with Crippen LogP contribution < -0.4 is 0 Å². The normalized spacial score (nSPS) is 50.0. The molecule has 1 heteroatoms. The van der Waals surface area contributed by atoms with Gasteiger partial charge in [0.15, 0.2) is 0 Å². The fraction of sp³-hybridized carbons (Fsp3) is 1.00. The van der Waals surface area contributed by atoms with Crippen LogP contribution in [0, 0.1) is 17.3 Å². The lowest BCUT2D eigenvalue weighted by molar-refractivity contribution is -0.0667. The van der Waals surface area contributed by atoms with Crippen molar-refractivity contribution in [1.29, 1.82) is 0 Å². The maximum Gasteiger partial charge on any atom is 0.0690 e. The highest BCUT2D eigenvalue weighted by Gasteiger charge is 2.55. The van der Waals surface area contributed by atoms with E-state index in [9.17, 15) is 0 Å². The van der Waals surface area contributed by atoms with Crippen molar-refractivity contribution in [2.75, 3.05) is 0 Å². The van der Waals surface area contributed by atoms with Gasteiger partial charge in [-0.2, -0.15) is 0 Å². The van der Waals surface area contributed by atoms with Crippen molar-refractivity contribution in [3.05, 3.63) is 0 Å². The first kappa shape index (κ1) is 11.4. The van der Waals surface area contributed by atoms with Gasteiger partial charge in [-0.05, 0) is 49.9 Å². The van der Waals surface area contributed by atoms with Crippen LogP contribution in [0.25, 0.3) is 0 Å². The molecule has 0 aromatic rings. The Morgan fingerprint density at radius 2 is 2.00 bits per heavy atom. The Morgan fingerprint density at radius 3 is 2.53 bits per heavy atom. The Balaban J connectivity index is 2.16. The molecule has 0 spiro atoms. The first-order valence-electron chi connectivity index (χ1n) is 6.53. The van der Waals surface area contributed by atoms with Crippen LogP contribution in [0.1, 0.15) is 60.3 Å². The van der Waals surface area contributed by atoms with E-state index in [0.29, 0.717) is 11.5 Å². The van der Waals surface area contributed by atoms with Gasteiger partial charge in [0.1, 0.15) is 0 Å². The second kappa shape index (κ2) is 3.48. The zero-order valence-electron chi connectivity index (χ0n) is 11.0. The predicted octanol–water partition coefficient (Wildman–Crippen LogP) is 4.02. The zero-order valence-corrected chi connectivity index (χ0v) is 11.0. The minimum absolute atomic E-state index is 0.173. The van der Waals surface area contributed by atoms with Gasteiger partial charge in [0, 0.05) is 0 Å². The van der Waals surface area contributed by atoms with E-state index in [1.807, 2.05) is 0 Å². The van der Waals surface area contributed by atoms with Crippen LogP contribution in [-0.4, -0.2) is 11.7 Å². The molecule has 0 aromatic heterocycles. The summed E-state index contributed by atoms with van der Waals surface area (Å²) in [6, 6.07) is 0. The molecule has 15 heavy (non-hydrogen) atoms. The lowest BCUT2D eigenvalue weighted by Crippen LogP contribution is -2.37. The highest BCUT2D eigenvalue weighted by molar-refractivity contribution is 5.04. The predicted molar refractivity (Wildman–Crippen MR) is 63.9 cm³/mol. The molecule has 0 amide bonds. The summed E-state index contributed by atoms with van der Waals surface area (Å²) in [7, 11) is 0. The molecule has 1 aliphatic heterocycles. The summed E-state index contributed by atoms with van der Waals surface area (Å²) in [5.74, 6) is 1.49. The second-order valence-electron chi connectivity index (χ2n) is 6.82. The SMILES string of the molecule is CC(C)CC1OC2(C)C[C@]1(C)CCC2C. The van der Waals surface area contributed by atoms with Crippen molar-refractivity contribution >= 4 is 0 Å². The summed E-state index contributed by atoms with van der Waals surface area (Å²) in [5, 5.41) is 0. The van der Waals surface area contributed by atoms with Gasteiger partial charge in [0.2, 0.25) is 0 Å². The zero-order chi connectivity index (χ0) is 11.3. The summed E-state index contributed by atoms with van der Waals surface area (Å²) in [5.41, 5.74) is 0.637.